The SMILES string of the molecule is CC(Cc1cc(O)ccc1Cl)C(=O)O. The van der Waals surface area contributed by atoms with Gasteiger partial charge < -0.3 is 10.2 Å². The molecular formula is C10H11ClO3. The molecule has 0 fully saturated rings. The van der Waals surface area contributed by atoms with Gasteiger partial charge in [0, 0.05) is 5.02 Å². The lowest BCUT2D eigenvalue weighted by atomic mass is 10.0. The van der Waals surface area contributed by atoms with E-state index in [0.717, 1.165) is 0 Å². The van der Waals surface area contributed by atoms with E-state index in [-0.39, 0.29) is 5.75 Å². The molecule has 0 spiro atoms. The van der Waals surface area contributed by atoms with E-state index in [1.54, 1.807) is 13.0 Å². The van der Waals surface area contributed by atoms with Gasteiger partial charge in [0.2, 0.25) is 0 Å². The highest BCUT2D eigenvalue weighted by atomic mass is 35.5. The maximum atomic E-state index is 10.6. The topological polar surface area (TPSA) is 57.5 Å². The molecule has 1 rings (SSSR count). The van der Waals surface area contributed by atoms with Gasteiger partial charge in [-0.2, -0.15) is 0 Å². The fourth-order valence-corrected chi connectivity index (χ4v) is 1.33. The molecule has 1 unspecified atom stereocenters. The number of carbonyl (C=O) groups is 1. The van der Waals surface area contributed by atoms with Crippen LogP contribution < -0.4 is 0 Å². The number of rotatable bonds is 3. The number of benzene rings is 1. The Bertz CT molecular complexity index is 349. The fraction of sp³-hybridized carbons (Fsp3) is 0.300. The third-order valence-corrected chi connectivity index (χ3v) is 2.35. The minimum Gasteiger partial charge on any atom is -0.508 e. The van der Waals surface area contributed by atoms with Gasteiger partial charge in [0.1, 0.15) is 5.75 Å². The molecular weight excluding hydrogens is 204 g/mol. The summed E-state index contributed by atoms with van der Waals surface area (Å²) in [6.07, 6.45) is 0.322. The third-order valence-electron chi connectivity index (χ3n) is 1.98. The van der Waals surface area contributed by atoms with Gasteiger partial charge in [-0.3, -0.25) is 4.79 Å². The minimum atomic E-state index is -0.871. The van der Waals surface area contributed by atoms with Crippen molar-refractivity contribution < 1.29 is 15.0 Å². The quantitative estimate of drug-likeness (QED) is 0.812. The monoisotopic (exact) mass is 214 g/mol. The van der Waals surface area contributed by atoms with Gasteiger partial charge in [0.25, 0.3) is 0 Å². The van der Waals surface area contributed by atoms with E-state index < -0.39 is 11.9 Å². The van der Waals surface area contributed by atoms with E-state index in [1.807, 2.05) is 0 Å². The van der Waals surface area contributed by atoms with E-state index in [4.69, 9.17) is 16.7 Å². The normalized spacial score (nSPS) is 12.4. The number of phenolic OH excluding ortho intramolecular Hbond substituents is 1. The van der Waals surface area contributed by atoms with Gasteiger partial charge in [-0.15, -0.1) is 0 Å². The van der Waals surface area contributed by atoms with Gasteiger partial charge in [-0.05, 0) is 30.2 Å². The van der Waals surface area contributed by atoms with Crippen LogP contribution in [0, 0.1) is 5.92 Å². The molecule has 0 aromatic heterocycles. The zero-order valence-corrected chi connectivity index (χ0v) is 8.45. The molecule has 76 valence electrons. The van der Waals surface area contributed by atoms with E-state index in [2.05, 4.69) is 0 Å². The Labute approximate surface area is 86.9 Å². The van der Waals surface area contributed by atoms with Crippen molar-refractivity contribution in [1.29, 1.82) is 0 Å². The molecule has 0 radical (unpaired) electrons. The Kier molecular flexibility index (Phi) is 3.36. The first-order valence-corrected chi connectivity index (χ1v) is 4.58. The Morgan fingerprint density at radius 1 is 1.57 bits per heavy atom. The van der Waals surface area contributed by atoms with Gasteiger partial charge in [0.15, 0.2) is 0 Å². The molecule has 0 saturated heterocycles. The summed E-state index contributed by atoms with van der Waals surface area (Å²) in [5, 5.41) is 18.4. The summed E-state index contributed by atoms with van der Waals surface area (Å²) in [6, 6.07) is 4.51. The van der Waals surface area contributed by atoms with Crippen LogP contribution in [0.2, 0.25) is 5.02 Å². The first kappa shape index (κ1) is 10.9. The molecule has 14 heavy (non-hydrogen) atoms. The first-order chi connectivity index (χ1) is 6.50. The highest BCUT2D eigenvalue weighted by Gasteiger charge is 2.13. The summed E-state index contributed by atoms with van der Waals surface area (Å²) in [7, 11) is 0. The van der Waals surface area contributed by atoms with Crippen molar-refractivity contribution in [2.24, 2.45) is 5.92 Å². The Morgan fingerprint density at radius 2 is 2.21 bits per heavy atom. The number of carboxylic acids is 1. The molecule has 2 N–H and O–H groups in total. The minimum absolute atomic E-state index is 0.0991. The maximum absolute atomic E-state index is 10.6. The molecule has 0 aliphatic carbocycles. The number of halogens is 1. The van der Waals surface area contributed by atoms with Crippen molar-refractivity contribution in [3.8, 4) is 5.75 Å². The summed E-state index contributed by atoms with van der Waals surface area (Å²) in [4.78, 5) is 10.6. The summed E-state index contributed by atoms with van der Waals surface area (Å²) in [5.74, 6) is -1.28. The van der Waals surface area contributed by atoms with Crippen molar-refractivity contribution in [2.75, 3.05) is 0 Å². The Hall–Kier alpha value is -1.22. The lowest BCUT2D eigenvalue weighted by molar-refractivity contribution is -0.141. The van der Waals surface area contributed by atoms with Crippen molar-refractivity contribution in [3.05, 3.63) is 28.8 Å². The van der Waals surface area contributed by atoms with Crippen molar-refractivity contribution >= 4 is 17.6 Å². The van der Waals surface area contributed by atoms with Crippen LogP contribution in [0.1, 0.15) is 12.5 Å². The van der Waals surface area contributed by atoms with Crippen LogP contribution in [0.25, 0.3) is 0 Å². The van der Waals surface area contributed by atoms with Crippen LogP contribution in [0.4, 0.5) is 0 Å². The van der Waals surface area contributed by atoms with Crippen molar-refractivity contribution in [1.82, 2.24) is 0 Å². The number of phenols is 1. The predicted molar refractivity (Wildman–Crippen MR) is 53.6 cm³/mol. The van der Waals surface area contributed by atoms with E-state index in [1.165, 1.54) is 12.1 Å². The van der Waals surface area contributed by atoms with Crippen LogP contribution in [-0.4, -0.2) is 16.2 Å². The zero-order valence-electron chi connectivity index (χ0n) is 7.70. The Balaban J connectivity index is 2.85. The van der Waals surface area contributed by atoms with E-state index in [9.17, 15) is 9.90 Å². The zero-order chi connectivity index (χ0) is 10.7. The lowest BCUT2D eigenvalue weighted by Crippen LogP contribution is -2.12. The largest absolute Gasteiger partial charge is 0.508 e. The molecule has 1 atom stereocenters. The molecule has 0 aliphatic rings. The highest BCUT2D eigenvalue weighted by Crippen LogP contribution is 2.23. The van der Waals surface area contributed by atoms with Gasteiger partial charge >= 0.3 is 5.97 Å². The molecule has 1 aromatic rings. The molecule has 0 saturated carbocycles. The summed E-state index contributed by atoms with van der Waals surface area (Å²) >= 11 is 5.84. The molecule has 0 aliphatic heterocycles. The number of hydrogen-bond acceptors (Lipinski definition) is 2. The van der Waals surface area contributed by atoms with Crippen molar-refractivity contribution in [2.45, 2.75) is 13.3 Å². The predicted octanol–water partition coefficient (Wildman–Crippen LogP) is 2.31. The number of aromatic hydroxyl groups is 1. The molecule has 0 amide bonds. The first-order valence-electron chi connectivity index (χ1n) is 4.21. The van der Waals surface area contributed by atoms with Crippen LogP contribution >= 0.6 is 11.6 Å². The fourth-order valence-electron chi connectivity index (χ4n) is 1.13. The third kappa shape index (κ3) is 2.64. The second-order valence-corrected chi connectivity index (χ2v) is 3.63. The molecule has 0 bridgehead atoms. The summed E-state index contributed by atoms with van der Waals surface area (Å²) in [6.45, 7) is 1.60. The molecule has 1 aromatic carbocycles. The summed E-state index contributed by atoms with van der Waals surface area (Å²) < 4.78 is 0. The van der Waals surface area contributed by atoms with Gasteiger partial charge in [-0.25, -0.2) is 0 Å². The van der Waals surface area contributed by atoms with Crippen LogP contribution in [-0.2, 0) is 11.2 Å². The lowest BCUT2D eigenvalue weighted by Gasteiger charge is -2.08. The second kappa shape index (κ2) is 4.33. The molecule has 3 nitrogen and oxygen atoms in total. The summed E-state index contributed by atoms with van der Waals surface area (Å²) in [5.41, 5.74) is 0.654. The second-order valence-electron chi connectivity index (χ2n) is 3.22. The van der Waals surface area contributed by atoms with Gasteiger partial charge in [-0.1, -0.05) is 18.5 Å². The average Bonchev–Trinajstić information content (AvgIpc) is 2.11. The Morgan fingerprint density at radius 3 is 2.79 bits per heavy atom. The molecule has 0 heterocycles. The van der Waals surface area contributed by atoms with Crippen LogP contribution in [0.15, 0.2) is 18.2 Å². The number of aliphatic carboxylic acids is 1. The average molecular weight is 215 g/mol. The van der Waals surface area contributed by atoms with E-state index in [0.29, 0.717) is 17.0 Å². The standard InChI is InChI=1S/C10H11ClO3/c1-6(10(13)14)4-7-5-8(12)2-3-9(7)11/h2-3,5-6,12H,4H2,1H3,(H,13,14). The maximum Gasteiger partial charge on any atom is 0.306 e. The molecule has 4 heteroatoms. The number of carboxylic acid groups (broad SMARTS) is 1. The van der Waals surface area contributed by atoms with Gasteiger partial charge in [0.05, 0.1) is 5.92 Å². The van der Waals surface area contributed by atoms with Crippen LogP contribution in [0.5, 0.6) is 5.75 Å². The van der Waals surface area contributed by atoms with E-state index >= 15 is 0 Å². The number of hydrogen-bond donors (Lipinski definition) is 2. The van der Waals surface area contributed by atoms with Crippen LogP contribution in [0.3, 0.4) is 0 Å². The van der Waals surface area contributed by atoms with Crippen molar-refractivity contribution in [3.63, 3.8) is 0 Å². The highest BCUT2D eigenvalue weighted by molar-refractivity contribution is 6.31. The smallest absolute Gasteiger partial charge is 0.306 e.